The number of nitrogens with zero attached hydrogens (tertiary/aromatic N) is 3. The van der Waals surface area contributed by atoms with Crippen LogP contribution in [0.25, 0.3) is 5.69 Å². The van der Waals surface area contributed by atoms with Gasteiger partial charge in [0.05, 0.1) is 24.6 Å². The van der Waals surface area contributed by atoms with E-state index in [1.54, 1.807) is 24.3 Å². The van der Waals surface area contributed by atoms with Gasteiger partial charge in [0.15, 0.2) is 11.0 Å². The van der Waals surface area contributed by atoms with E-state index in [2.05, 4.69) is 27.8 Å². The third kappa shape index (κ3) is 7.47. The molecule has 0 aliphatic rings. The highest BCUT2D eigenvalue weighted by Crippen LogP contribution is 2.26. The van der Waals surface area contributed by atoms with Crippen molar-refractivity contribution in [1.82, 2.24) is 20.1 Å². The van der Waals surface area contributed by atoms with Crippen molar-refractivity contribution >= 4 is 29.3 Å². The predicted octanol–water partition coefficient (Wildman–Crippen LogP) is 5.86. The van der Waals surface area contributed by atoms with Gasteiger partial charge in [-0.1, -0.05) is 37.2 Å². The maximum atomic E-state index is 13.2. The number of hydrogen-bond acceptors (Lipinski definition) is 6. The van der Waals surface area contributed by atoms with E-state index in [-0.39, 0.29) is 29.9 Å². The van der Waals surface area contributed by atoms with Gasteiger partial charge in [0, 0.05) is 11.3 Å². The van der Waals surface area contributed by atoms with Crippen LogP contribution in [0.15, 0.2) is 71.9 Å². The van der Waals surface area contributed by atoms with Crippen molar-refractivity contribution in [2.45, 2.75) is 45.3 Å². The van der Waals surface area contributed by atoms with Crippen LogP contribution in [0.1, 0.15) is 47.1 Å². The van der Waals surface area contributed by atoms with Crippen molar-refractivity contribution in [3.05, 3.63) is 95.1 Å². The molecule has 0 aliphatic heterocycles. The number of rotatable bonds is 12. The molecule has 1 heterocycles. The van der Waals surface area contributed by atoms with Gasteiger partial charge in [0.1, 0.15) is 11.6 Å². The van der Waals surface area contributed by atoms with Gasteiger partial charge in [-0.15, -0.1) is 10.2 Å². The van der Waals surface area contributed by atoms with E-state index in [1.165, 1.54) is 36.0 Å². The summed E-state index contributed by atoms with van der Waals surface area (Å²) >= 11 is 1.22. The summed E-state index contributed by atoms with van der Waals surface area (Å²) in [5.74, 6) is 0.446. The number of amides is 2. The molecule has 0 unspecified atom stereocenters. The average Bonchev–Trinajstić information content (AvgIpc) is 3.36. The van der Waals surface area contributed by atoms with Crippen molar-refractivity contribution in [2.75, 3.05) is 17.7 Å². The van der Waals surface area contributed by atoms with Crippen LogP contribution >= 0.6 is 11.8 Å². The zero-order valence-corrected chi connectivity index (χ0v) is 23.6. The summed E-state index contributed by atoms with van der Waals surface area (Å²) in [5, 5.41) is 14.9. The zero-order chi connectivity index (χ0) is 28.5. The minimum Gasteiger partial charge on any atom is -0.494 e. The van der Waals surface area contributed by atoms with Gasteiger partial charge >= 0.3 is 0 Å². The molecule has 3 aromatic carbocycles. The van der Waals surface area contributed by atoms with Crippen molar-refractivity contribution < 1.29 is 18.7 Å². The Morgan fingerprint density at radius 3 is 2.48 bits per heavy atom. The first kappa shape index (κ1) is 28.8. The number of unbranched alkanes of at least 4 members (excludes halogenated alkanes) is 1. The smallest absolute Gasteiger partial charge is 0.251 e. The van der Waals surface area contributed by atoms with Crippen LogP contribution in [0.3, 0.4) is 0 Å². The Morgan fingerprint density at radius 2 is 1.75 bits per heavy atom. The number of benzene rings is 3. The fraction of sp³-hybridized carbons (Fsp3) is 0.267. The highest BCUT2D eigenvalue weighted by Gasteiger charge is 2.19. The number of halogens is 1. The van der Waals surface area contributed by atoms with Gasteiger partial charge in [-0.25, -0.2) is 4.39 Å². The largest absolute Gasteiger partial charge is 0.494 e. The molecular weight excluding hydrogens is 529 g/mol. The van der Waals surface area contributed by atoms with E-state index >= 15 is 0 Å². The molecule has 208 valence electrons. The molecule has 0 spiro atoms. The maximum Gasteiger partial charge on any atom is 0.251 e. The molecule has 4 aromatic rings. The van der Waals surface area contributed by atoms with Crippen molar-refractivity contribution in [2.24, 2.45) is 0 Å². The first-order valence-corrected chi connectivity index (χ1v) is 14.0. The monoisotopic (exact) mass is 561 g/mol. The molecular formula is C30H32FN5O3S. The number of carbonyl (C=O) groups is 2. The molecule has 0 saturated carbocycles. The highest BCUT2D eigenvalue weighted by molar-refractivity contribution is 7.99. The Labute approximate surface area is 237 Å². The molecule has 0 atom stereocenters. The number of hydrogen-bond donors (Lipinski definition) is 2. The summed E-state index contributed by atoms with van der Waals surface area (Å²) < 4.78 is 20.7. The zero-order valence-electron chi connectivity index (χ0n) is 22.7. The predicted molar refractivity (Wildman–Crippen MR) is 155 cm³/mol. The van der Waals surface area contributed by atoms with Gasteiger partial charge in [-0.2, -0.15) is 0 Å². The van der Waals surface area contributed by atoms with E-state index in [9.17, 15) is 14.0 Å². The van der Waals surface area contributed by atoms with E-state index in [1.807, 2.05) is 36.6 Å². The number of ether oxygens (including phenoxy) is 1. The SMILES string of the molecule is CCCCOc1ccc(C(=O)NCc2nnc(SCC(=O)Nc3ccc(F)cc3)n2-c2cccc(C)c2C)cc1. The molecule has 2 N–H and O–H groups in total. The Morgan fingerprint density at radius 1 is 1.00 bits per heavy atom. The first-order chi connectivity index (χ1) is 19.4. The second kappa shape index (κ2) is 13.7. The highest BCUT2D eigenvalue weighted by atomic mass is 32.2. The van der Waals surface area contributed by atoms with Crippen LogP contribution in [-0.2, 0) is 11.3 Å². The lowest BCUT2D eigenvalue weighted by Crippen LogP contribution is -2.24. The van der Waals surface area contributed by atoms with Crippen molar-refractivity contribution in [3.63, 3.8) is 0 Å². The number of aryl methyl sites for hydroxylation is 1. The second-order valence-corrected chi connectivity index (χ2v) is 10.1. The van der Waals surface area contributed by atoms with Crippen molar-refractivity contribution in [1.29, 1.82) is 0 Å². The fourth-order valence-corrected chi connectivity index (χ4v) is 4.65. The molecule has 10 heteroatoms. The molecule has 0 bridgehead atoms. The molecule has 0 saturated heterocycles. The summed E-state index contributed by atoms with van der Waals surface area (Å²) in [5.41, 5.74) is 4.00. The lowest BCUT2D eigenvalue weighted by Gasteiger charge is -2.15. The third-order valence-corrected chi connectivity index (χ3v) is 7.20. The molecule has 8 nitrogen and oxygen atoms in total. The van der Waals surface area contributed by atoms with Gasteiger partial charge in [0.2, 0.25) is 5.91 Å². The van der Waals surface area contributed by atoms with E-state index in [0.717, 1.165) is 35.4 Å². The van der Waals surface area contributed by atoms with E-state index < -0.39 is 0 Å². The number of carbonyl (C=O) groups excluding carboxylic acids is 2. The standard InChI is InChI=1S/C30H32FN5O3S/c1-4-5-17-39-25-15-9-22(10-16-25)29(38)32-18-27-34-35-30(36(27)26-8-6-7-20(2)21(26)3)40-19-28(37)33-24-13-11-23(31)12-14-24/h6-16H,4-5,17-19H2,1-3H3,(H,32,38)(H,33,37). The Balaban J connectivity index is 1.47. The molecule has 0 aliphatic carbocycles. The summed E-state index contributed by atoms with van der Waals surface area (Å²) in [4.78, 5) is 25.5. The number of thioether (sulfide) groups is 1. The quantitative estimate of drug-likeness (QED) is 0.166. The van der Waals surface area contributed by atoms with Crippen LogP contribution in [0.5, 0.6) is 5.75 Å². The molecule has 40 heavy (non-hydrogen) atoms. The molecule has 0 fully saturated rings. The molecule has 4 rings (SSSR count). The van der Waals surface area contributed by atoms with Gasteiger partial charge in [-0.3, -0.25) is 14.2 Å². The second-order valence-electron chi connectivity index (χ2n) is 9.21. The minimum atomic E-state index is -0.373. The fourth-order valence-electron chi connectivity index (χ4n) is 3.89. The Kier molecular flexibility index (Phi) is 9.91. The summed E-state index contributed by atoms with van der Waals surface area (Å²) in [7, 11) is 0. The lowest BCUT2D eigenvalue weighted by molar-refractivity contribution is -0.113. The van der Waals surface area contributed by atoms with Gasteiger partial charge < -0.3 is 15.4 Å². The first-order valence-electron chi connectivity index (χ1n) is 13.1. The molecule has 2 amide bonds. The molecule has 0 radical (unpaired) electrons. The van der Waals surface area contributed by atoms with Gasteiger partial charge in [0.25, 0.3) is 5.91 Å². The summed E-state index contributed by atoms with van der Waals surface area (Å²) in [6.45, 7) is 6.91. The maximum absolute atomic E-state index is 13.2. The number of anilines is 1. The topological polar surface area (TPSA) is 98.1 Å². The van der Waals surface area contributed by atoms with Crippen molar-refractivity contribution in [3.8, 4) is 11.4 Å². The summed E-state index contributed by atoms with van der Waals surface area (Å²) in [6, 6.07) is 18.5. The van der Waals surface area contributed by atoms with Gasteiger partial charge in [-0.05, 0) is 86.0 Å². The van der Waals surface area contributed by atoms with Crippen LogP contribution in [0, 0.1) is 19.7 Å². The lowest BCUT2D eigenvalue weighted by atomic mass is 10.1. The number of nitrogens with one attached hydrogen (secondary N) is 2. The third-order valence-electron chi connectivity index (χ3n) is 6.27. The Bertz CT molecular complexity index is 1460. The normalized spacial score (nSPS) is 10.8. The average molecular weight is 562 g/mol. The van der Waals surface area contributed by atoms with E-state index in [4.69, 9.17) is 4.74 Å². The van der Waals surface area contributed by atoms with Crippen LogP contribution < -0.4 is 15.4 Å². The van der Waals surface area contributed by atoms with E-state index in [0.29, 0.717) is 28.8 Å². The van der Waals surface area contributed by atoms with Crippen LogP contribution in [0.4, 0.5) is 10.1 Å². The number of aromatic nitrogens is 3. The minimum absolute atomic E-state index is 0.0689. The van der Waals surface area contributed by atoms with Crippen LogP contribution in [-0.4, -0.2) is 38.9 Å². The Hall–Kier alpha value is -4.18. The molecule has 1 aromatic heterocycles. The van der Waals surface area contributed by atoms with Crippen LogP contribution in [0.2, 0.25) is 0 Å². The summed E-state index contributed by atoms with van der Waals surface area (Å²) in [6.07, 6.45) is 2.03.